The van der Waals surface area contributed by atoms with Crippen molar-refractivity contribution < 1.29 is 19.4 Å². The molecule has 2 aromatic rings. The number of likely N-dealkylation sites (tertiary alicyclic amines) is 1. The van der Waals surface area contributed by atoms with E-state index in [1.54, 1.807) is 18.7 Å². The third-order valence-electron chi connectivity index (χ3n) is 5.77. The normalized spacial score (nSPS) is 21.6. The van der Waals surface area contributed by atoms with Crippen molar-refractivity contribution in [1.29, 1.82) is 0 Å². The minimum atomic E-state index is -0.687. The highest BCUT2D eigenvalue weighted by molar-refractivity contribution is 6.46. The number of aliphatic hydroxyl groups excluding tert-OH is 1. The number of ether oxygens (including phenoxy) is 1. The first kappa shape index (κ1) is 21.1. The second kappa shape index (κ2) is 8.95. The van der Waals surface area contributed by atoms with Gasteiger partial charge in [0.2, 0.25) is 0 Å². The summed E-state index contributed by atoms with van der Waals surface area (Å²) in [6.45, 7) is 7.42. The van der Waals surface area contributed by atoms with Crippen molar-refractivity contribution in [3.05, 3.63) is 64.7 Å². The molecular weight excluding hydrogens is 396 g/mol. The van der Waals surface area contributed by atoms with E-state index >= 15 is 0 Å². The van der Waals surface area contributed by atoms with Crippen LogP contribution >= 0.6 is 0 Å². The molecule has 0 saturated carbocycles. The molecule has 1 amide bonds. The predicted octanol–water partition coefficient (Wildman–Crippen LogP) is 1.85. The number of amides is 1. The molecule has 1 N–H and O–H groups in total. The van der Waals surface area contributed by atoms with Crippen molar-refractivity contribution in [2.45, 2.75) is 19.9 Å². The van der Waals surface area contributed by atoms with Crippen LogP contribution in [0.3, 0.4) is 0 Å². The number of ketones is 1. The second-order valence-corrected chi connectivity index (χ2v) is 7.77. The fourth-order valence-corrected chi connectivity index (χ4v) is 4.13. The molecule has 0 unspecified atom stereocenters. The van der Waals surface area contributed by atoms with Crippen LogP contribution in [0.5, 0.6) is 0 Å². The van der Waals surface area contributed by atoms with Crippen LogP contribution in [0.4, 0.5) is 0 Å². The fourth-order valence-electron chi connectivity index (χ4n) is 4.13. The first-order valence-electron chi connectivity index (χ1n) is 10.4. The number of carbonyl (C=O) groups is 2. The van der Waals surface area contributed by atoms with Crippen LogP contribution in [0.2, 0.25) is 0 Å². The molecule has 4 rings (SSSR count). The van der Waals surface area contributed by atoms with Gasteiger partial charge < -0.3 is 14.7 Å². The van der Waals surface area contributed by atoms with E-state index in [1.165, 1.54) is 6.20 Å². The lowest BCUT2D eigenvalue weighted by Gasteiger charge is -2.31. The Morgan fingerprint density at radius 1 is 1.13 bits per heavy atom. The molecule has 0 radical (unpaired) electrons. The molecule has 162 valence electrons. The van der Waals surface area contributed by atoms with E-state index in [0.29, 0.717) is 43.4 Å². The molecule has 0 spiro atoms. The van der Waals surface area contributed by atoms with Crippen LogP contribution in [0.15, 0.2) is 42.1 Å². The van der Waals surface area contributed by atoms with Crippen molar-refractivity contribution in [2.24, 2.45) is 0 Å². The van der Waals surface area contributed by atoms with Gasteiger partial charge in [0.05, 0.1) is 36.1 Å². The van der Waals surface area contributed by atoms with E-state index in [9.17, 15) is 14.7 Å². The zero-order chi connectivity index (χ0) is 22.0. The zero-order valence-electron chi connectivity index (χ0n) is 17.7. The number of hydrogen-bond acceptors (Lipinski definition) is 7. The molecule has 8 heteroatoms. The van der Waals surface area contributed by atoms with Gasteiger partial charge in [-0.25, -0.2) is 9.97 Å². The van der Waals surface area contributed by atoms with E-state index in [1.807, 2.05) is 30.3 Å². The number of hydrogen-bond donors (Lipinski definition) is 1. The average molecular weight is 422 g/mol. The molecule has 1 atom stereocenters. The molecule has 1 aromatic heterocycles. The number of carbonyl (C=O) groups excluding carboxylic acids is 2. The number of rotatable bonds is 5. The van der Waals surface area contributed by atoms with Gasteiger partial charge in [0.15, 0.2) is 0 Å². The van der Waals surface area contributed by atoms with Gasteiger partial charge in [0.1, 0.15) is 11.6 Å². The van der Waals surface area contributed by atoms with Crippen LogP contribution in [0.1, 0.15) is 28.7 Å². The first-order chi connectivity index (χ1) is 15.0. The molecule has 2 aliphatic heterocycles. The predicted molar refractivity (Wildman–Crippen MR) is 114 cm³/mol. The lowest BCUT2D eigenvalue weighted by molar-refractivity contribution is -0.140. The third-order valence-corrected chi connectivity index (χ3v) is 5.77. The summed E-state index contributed by atoms with van der Waals surface area (Å²) in [5.74, 6) is -0.958. The van der Waals surface area contributed by atoms with Crippen molar-refractivity contribution >= 4 is 17.4 Å². The Morgan fingerprint density at radius 2 is 1.84 bits per heavy atom. The van der Waals surface area contributed by atoms with Crippen LogP contribution in [-0.4, -0.2) is 76.0 Å². The maximum absolute atomic E-state index is 13.1. The number of morpholine rings is 1. The van der Waals surface area contributed by atoms with Crippen molar-refractivity contribution in [1.82, 2.24) is 19.8 Å². The molecule has 0 bridgehead atoms. The Bertz CT molecular complexity index is 1020. The molecular formula is C23H26N4O4. The summed E-state index contributed by atoms with van der Waals surface area (Å²) < 4.78 is 5.39. The quantitative estimate of drug-likeness (QED) is 0.446. The maximum Gasteiger partial charge on any atom is 0.295 e. The molecule has 31 heavy (non-hydrogen) atoms. The standard InChI is InChI=1S/C23H26N4O4/c1-15-18(14-24-16(2)25-15)21(28)19-20(17-6-4-3-5-7-17)27(23(30)22(19)29)9-8-26-10-12-31-13-11-26/h3-7,14,20,28H,8-13H2,1-2H3/b21-19+/t20-/m0/s1. The third kappa shape index (κ3) is 4.22. The zero-order valence-corrected chi connectivity index (χ0v) is 17.7. The summed E-state index contributed by atoms with van der Waals surface area (Å²) in [5, 5.41) is 11.1. The minimum Gasteiger partial charge on any atom is -0.507 e. The number of nitrogens with zero attached hydrogens (tertiary/aromatic N) is 4. The van der Waals surface area contributed by atoms with Crippen molar-refractivity contribution in [3.63, 3.8) is 0 Å². The van der Waals surface area contributed by atoms with E-state index in [0.717, 1.165) is 18.7 Å². The van der Waals surface area contributed by atoms with Gasteiger partial charge in [0, 0.05) is 32.4 Å². The van der Waals surface area contributed by atoms with Gasteiger partial charge in [-0.3, -0.25) is 14.5 Å². The summed E-state index contributed by atoms with van der Waals surface area (Å²) in [7, 11) is 0. The van der Waals surface area contributed by atoms with Gasteiger partial charge in [-0.15, -0.1) is 0 Å². The van der Waals surface area contributed by atoms with E-state index in [-0.39, 0.29) is 11.3 Å². The van der Waals surface area contributed by atoms with Crippen molar-refractivity contribution in [3.8, 4) is 0 Å². The summed E-state index contributed by atoms with van der Waals surface area (Å²) in [6, 6.07) is 8.66. The number of benzene rings is 1. The van der Waals surface area contributed by atoms with Gasteiger partial charge >= 0.3 is 0 Å². The van der Waals surface area contributed by atoms with Gasteiger partial charge in [-0.1, -0.05) is 30.3 Å². The van der Waals surface area contributed by atoms with Gasteiger partial charge in [-0.2, -0.15) is 0 Å². The van der Waals surface area contributed by atoms with E-state index < -0.39 is 17.7 Å². The van der Waals surface area contributed by atoms with Gasteiger partial charge in [0.25, 0.3) is 11.7 Å². The number of aliphatic hydroxyl groups is 1. The van der Waals surface area contributed by atoms with Gasteiger partial charge in [-0.05, 0) is 19.4 Å². The molecule has 3 heterocycles. The summed E-state index contributed by atoms with van der Waals surface area (Å²) in [5.41, 5.74) is 1.76. The van der Waals surface area contributed by atoms with Crippen LogP contribution in [0.25, 0.3) is 5.76 Å². The molecule has 8 nitrogen and oxygen atoms in total. The van der Waals surface area contributed by atoms with Crippen molar-refractivity contribution in [2.75, 3.05) is 39.4 Å². The highest BCUT2D eigenvalue weighted by atomic mass is 16.5. The smallest absolute Gasteiger partial charge is 0.295 e. The fraction of sp³-hybridized carbons (Fsp3) is 0.391. The van der Waals surface area contributed by atoms with E-state index in [4.69, 9.17) is 4.74 Å². The largest absolute Gasteiger partial charge is 0.507 e. The van der Waals surface area contributed by atoms with Crippen LogP contribution < -0.4 is 0 Å². The first-order valence-corrected chi connectivity index (χ1v) is 10.4. The average Bonchev–Trinajstić information content (AvgIpc) is 3.03. The second-order valence-electron chi connectivity index (χ2n) is 7.77. The lowest BCUT2D eigenvalue weighted by atomic mass is 9.95. The monoisotopic (exact) mass is 422 g/mol. The minimum absolute atomic E-state index is 0.0775. The number of aryl methyl sites for hydroxylation is 2. The molecule has 2 fully saturated rings. The SMILES string of the molecule is Cc1ncc(/C(O)=C2\C(=O)C(=O)N(CCN3CCOCC3)[C@H]2c2ccccc2)c(C)n1. The molecule has 2 saturated heterocycles. The summed E-state index contributed by atoms with van der Waals surface area (Å²) >= 11 is 0. The highest BCUT2D eigenvalue weighted by Crippen LogP contribution is 2.39. The Kier molecular flexibility index (Phi) is 6.11. The number of Topliss-reactive ketones (excluding diaryl/α,β-unsaturated/α-hetero) is 1. The van der Waals surface area contributed by atoms with E-state index in [2.05, 4.69) is 14.9 Å². The Labute approximate surface area is 181 Å². The van der Waals surface area contributed by atoms with Crippen LogP contribution in [-0.2, 0) is 14.3 Å². The number of aromatic nitrogens is 2. The Hall–Kier alpha value is -3.10. The molecule has 2 aliphatic rings. The Morgan fingerprint density at radius 3 is 2.52 bits per heavy atom. The summed E-state index contributed by atoms with van der Waals surface area (Å²) in [6.07, 6.45) is 1.50. The topological polar surface area (TPSA) is 95.9 Å². The maximum atomic E-state index is 13.1. The van der Waals surface area contributed by atoms with Crippen LogP contribution in [0, 0.1) is 13.8 Å². The highest BCUT2D eigenvalue weighted by Gasteiger charge is 2.46. The molecule has 1 aromatic carbocycles. The lowest BCUT2D eigenvalue weighted by Crippen LogP contribution is -2.42. The summed E-state index contributed by atoms with van der Waals surface area (Å²) in [4.78, 5) is 38.3. The molecule has 0 aliphatic carbocycles. The Balaban J connectivity index is 1.74.